The number of nitrogens with one attached hydrogen (secondary N) is 1. The van der Waals surface area contributed by atoms with Crippen molar-refractivity contribution in [2.24, 2.45) is 11.8 Å². The van der Waals surface area contributed by atoms with E-state index < -0.39 is 0 Å². The highest BCUT2D eigenvalue weighted by atomic mass is 16.2. The van der Waals surface area contributed by atoms with Crippen LogP contribution in [0.3, 0.4) is 0 Å². The van der Waals surface area contributed by atoms with Gasteiger partial charge in [-0.05, 0) is 49.5 Å². The first-order chi connectivity index (χ1) is 9.78. The largest absolute Gasteiger partial charge is 0.352 e. The Hall–Kier alpha value is -1.31. The van der Waals surface area contributed by atoms with Crippen molar-refractivity contribution < 1.29 is 4.79 Å². The lowest BCUT2D eigenvalue weighted by Gasteiger charge is -2.42. The van der Waals surface area contributed by atoms with Crippen molar-refractivity contribution in [2.45, 2.75) is 56.4 Å². The maximum Gasteiger partial charge on any atom is 0.230 e. The molecule has 2 heteroatoms. The quantitative estimate of drug-likeness (QED) is 0.895. The normalized spacial score (nSPS) is 33.7. The summed E-state index contributed by atoms with van der Waals surface area (Å²) >= 11 is 0. The maximum atomic E-state index is 12.9. The van der Waals surface area contributed by atoms with Crippen LogP contribution >= 0.6 is 0 Å². The third-order valence-corrected chi connectivity index (χ3v) is 6.02. The Morgan fingerprint density at radius 2 is 1.90 bits per heavy atom. The molecule has 0 aliphatic heterocycles. The van der Waals surface area contributed by atoms with E-state index in [0.29, 0.717) is 11.9 Å². The number of hydrogen-bond acceptors (Lipinski definition) is 1. The van der Waals surface area contributed by atoms with E-state index in [0.717, 1.165) is 24.7 Å². The molecule has 1 aromatic rings. The second-order valence-corrected chi connectivity index (χ2v) is 7.06. The van der Waals surface area contributed by atoms with Crippen molar-refractivity contribution in [3.05, 3.63) is 35.9 Å². The number of amides is 1. The minimum Gasteiger partial charge on any atom is -0.352 e. The van der Waals surface area contributed by atoms with Gasteiger partial charge < -0.3 is 5.32 Å². The Labute approximate surface area is 121 Å². The van der Waals surface area contributed by atoms with Crippen LogP contribution < -0.4 is 5.32 Å². The lowest BCUT2D eigenvalue weighted by atomic mass is 9.63. The van der Waals surface area contributed by atoms with E-state index >= 15 is 0 Å². The zero-order valence-electron chi connectivity index (χ0n) is 12.0. The zero-order valence-corrected chi connectivity index (χ0v) is 12.0. The Morgan fingerprint density at radius 1 is 1.10 bits per heavy atom. The highest BCUT2D eigenvalue weighted by Crippen LogP contribution is 2.47. The molecule has 106 valence electrons. The van der Waals surface area contributed by atoms with Gasteiger partial charge in [0.05, 0.1) is 5.41 Å². The van der Waals surface area contributed by atoms with Gasteiger partial charge in [-0.15, -0.1) is 0 Å². The van der Waals surface area contributed by atoms with E-state index in [-0.39, 0.29) is 5.41 Å². The van der Waals surface area contributed by atoms with Crippen LogP contribution in [0, 0.1) is 11.8 Å². The molecule has 2 bridgehead atoms. The Morgan fingerprint density at radius 3 is 2.45 bits per heavy atom. The molecule has 2 nitrogen and oxygen atoms in total. The summed E-state index contributed by atoms with van der Waals surface area (Å²) in [4.78, 5) is 12.9. The Bertz CT molecular complexity index is 505. The first-order valence-corrected chi connectivity index (χ1v) is 8.14. The lowest BCUT2D eigenvalue weighted by molar-refractivity contribution is -0.131. The molecule has 20 heavy (non-hydrogen) atoms. The Kier molecular flexibility index (Phi) is 2.87. The summed E-state index contributed by atoms with van der Waals surface area (Å²) in [5, 5.41) is 3.41. The highest BCUT2D eigenvalue weighted by Gasteiger charge is 2.48. The van der Waals surface area contributed by atoms with Crippen LogP contribution in [0.25, 0.3) is 0 Å². The van der Waals surface area contributed by atoms with E-state index in [1.807, 2.05) is 6.07 Å². The van der Waals surface area contributed by atoms with Crippen LogP contribution in [0.4, 0.5) is 0 Å². The standard InChI is InChI=1S/C18H23NO/c20-17(19-16-12-13-7-8-14(16)11-13)18(9-4-10-18)15-5-2-1-3-6-15/h1-3,5-6,13-14,16H,4,7-12H2,(H,19,20)/t13-,14-,16-/m0/s1. The molecular weight excluding hydrogens is 246 g/mol. The van der Waals surface area contributed by atoms with Gasteiger partial charge in [-0.3, -0.25) is 4.79 Å². The van der Waals surface area contributed by atoms with Gasteiger partial charge in [-0.2, -0.15) is 0 Å². The van der Waals surface area contributed by atoms with Crippen LogP contribution in [-0.4, -0.2) is 11.9 Å². The van der Waals surface area contributed by atoms with Gasteiger partial charge in [-0.1, -0.05) is 43.2 Å². The third-order valence-electron chi connectivity index (χ3n) is 6.02. The van der Waals surface area contributed by atoms with Gasteiger partial charge in [0.1, 0.15) is 0 Å². The van der Waals surface area contributed by atoms with Gasteiger partial charge in [-0.25, -0.2) is 0 Å². The molecule has 1 amide bonds. The van der Waals surface area contributed by atoms with Crippen LogP contribution in [-0.2, 0) is 10.2 Å². The van der Waals surface area contributed by atoms with Crippen LogP contribution in [0.2, 0.25) is 0 Å². The number of hydrogen-bond donors (Lipinski definition) is 1. The van der Waals surface area contributed by atoms with Crippen molar-refractivity contribution >= 4 is 5.91 Å². The predicted octanol–water partition coefficient (Wildman–Crippen LogP) is 3.41. The van der Waals surface area contributed by atoms with Crippen LogP contribution in [0.1, 0.15) is 50.5 Å². The fraction of sp³-hybridized carbons (Fsp3) is 0.611. The molecule has 0 saturated heterocycles. The van der Waals surface area contributed by atoms with Crippen molar-refractivity contribution in [3.63, 3.8) is 0 Å². The van der Waals surface area contributed by atoms with Gasteiger partial charge in [0.15, 0.2) is 0 Å². The molecule has 1 N–H and O–H groups in total. The van der Waals surface area contributed by atoms with E-state index in [1.165, 1.54) is 37.7 Å². The van der Waals surface area contributed by atoms with Crippen LogP contribution in [0.15, 0.2) is 30.3 Å². The minimum atomic E-state index is -0.219. The molecule has 0 spiro atoms. The fourth-order valence-electron chi connectivity index (χ4n) is 4.66. The molecule has 3 aliphatic rings. The Balaban J connectivity index is 1.52. The first kappa shape index (κ1) is 12.4. The average molecular weight is 269 g/mol. The molecule has 3 saturated carbocycles. The molecule has 4 rings (SSSR count). The van der Waals surface area contributed by atoms with E-state index in [4.69, 9.17) is 0 Å². The number of rotatable bonds is 3. The fourth-order valence-corrected chi connectivity index (χ4v) is 4.66. The molecule has 3 aliphatic carbocycles. The van der Waals surface area contributed by atoms with Crippen molar-refractivity contribution in [2.75, 3.05) is 0 Å². The lowest BCUT2D eigenvalue weighted by Crippen LogP contribution is -2.53. The third kappa shape index (κ3) is 1.81. The second-order valence-electron chi connectivity index (χ2n) is 7.06. The van der Waals surface area contributed by atoms with Gasteiger partial charge in [0.2, 0.25) is 5.91 Å². The molecule has 0 aromatic heterocycles. The van der Waals surface area contributed by atoms with E-state index in [9.17, 15) is 4.79 Å². The maximum absolute atomic E-state index is 12.9. The average Bonchev–Trinajstić information content (AvgIpc) is 3.01. The number of carbonyl (C=O) groups is 1. The van der Waals surface area contributed by atoms with Crippen LogP contribution in [0.5, 0.6) is 0 Å². The summed E-state index contributed by atoms with van der Waals surface area (Å²) in [5.74, 6) is 1.95. The van der Waals surface area contributed by atoms with E-state index in [2.05, 4.69) is 29.6 Å². The summed E-state index contributed by atoms with van der Waals surface area (Å²) in [6.45, 7) is 0. The number of benzene rings is 1. The summed E-state index contributed by atoms with van der Waals surface area (Å²) in [5.41, 5.74) is 0.996. The second kappa shape index (κ2) is 4.61. The molecule has 0 radical (unpaired) electrons. The zero-order chi connectivity index (χ0) is 13.6. The van der Waals surface area contributed by atoms with Crippen molar-refractivity contribution in [3.8, 4) is 0 Å². The molecule has 0 unspecified atom stereocenters. The van der Waals surface area contributed by atoms with Gasteiger partial charge in [0, 0.05) is 6.04 Å². The highest BCUT2D eigenvalue weighted by molar-refractivity contribution is 5.89. The minimum absolute atomic E-state index is 0.219. The summed E-state index contributed by atoms with van der Waals surface area (Å²) in [7, 11) is 0. The van der Waals surface area contributed by atoms with Gasteiger partial charge >= 0.3 is 0 Å². The summed E-state index contributed by atoms with van der Waals surface area (Å²) in [6, 6.07) is 10.9. The predicted molar refractivity (Wildman–Crippen MR) is 79.3 cm³/mol. The molecular formula is C18H23NO. The van der Waals surface area contributed by atoms with E-state index in [1.54, 1.807) is 0 Å². The molecule has 1 aromatic carbocycles. The number of fused-ring (bicyclic) bond motifs is 2. The molecule has 0 heterocycles. The van der Waals surface area contributed by atoms with Crippen molar-refractivity contribution in [1.82, 2.24) is 5.32 Å². The molecule has 3 atom stereocenters. The topological polar surface area (TPSA) is 29.1 Å². The molecule has 3 fully saturated rings. The monoisotopic (exact) mass is 269 g/mol. The summed E-state index contributed by atoms with van der Waals surface area (Å²) in [6.07, 6.45) is 8.51. The summed E-state index contributed by atoms with van der Waals surface area (Å²) < 4.78 is 0. The first-order valence-electron chi connectivity index (χ1n) is 8.14. The SMILES string of the molecule is O=C(N[C@H]1C[C@H]2CC[C@H]1C2)C1(c2ccccc2)CCC1. The smallest absolute Gasteiger partial charge is 0.230 e. The van der Waals surface area contributed by atoms with Crippen molar-refractivity contribution in [1.29, 1.82) is 0 Å². The number of carbonyl (C=O) groups excluding carboxylic acids is 1. The van der Waals surface area contributed by atoms with Gasteiger partial charge in [0.25, 0.3) is 0 Å².